The molecule has 0 aliphatic heterocycles. The molecule has 0 N–H and O–H groups in total. The van der Waals surface area contributed by atoms with E-state index in [4.69, 9.17) is 9.47 Å². The van der Waals surface area contributed by atoms with E-state index in [1.54, 1.807) is 12.1 Å². The molecule has 0 spiro atoms. The zero-order chi connectivity index (χ0) is 11.3. The smallest absolute Gasteiger partial charge is 0.357 e. The summed E-state index contributed by atoms with van der Waals surface area (Å²) in [6.45, 7) is 0. The standard InChI is InChI=1S/C10H13NO4/c1-13-9(12)8-7(5-4-6-11-8)10(14-2)15-3/h4-6,10H,1-3H3. The van der Waals surface area contributed by atoms with Crippen LogP contribution >= 0.6 is 0 Å². The molecule has 0 bridgehead atoms. The molecule has 0 amide bonds. The number of esters is 1. The molecule has 1 aromatic heterocycles. The maximum Gasteiger partial charge on any atom is 0.357 e. The number of carbonyl (C=O) groups excluding carboxylic acids is 1. The second kappa shape index (κ2) is 5.43. The van der Waals surface area contributed by atoms with Gasteiger partial charge in [0.25, 0.3) is 0 Å². The molecule has 5 nitrogen and oxygen atoms in total. The Kier molecular flexibility index (Phi) is 4.20. The molecule has 15 heavy (non-hydrogen) atoms. The highest BCUT2D eigenvalue weighted by Crippen LogP contribution is 2.20. The van der Waals surface area contributed by atoms with Gasteiger partial charge in [-0.05, 0) is 12.1 Å². The highest BCUT2D eigenvalue weighted by atomic mass is 16.7. The molecule has 82 valence electrons. The van der Waals surface area contributed by atoms with Crippen molar-refractivity contribution in [2.75, 3.05) is 21.3 Å². The van der Waals surface area contributed by atoms with Crippen LogP contribution in [0.25, 0.3) is 0 Å². The van der Waals surface area contributed by atoms with Crippen molar-refractivity contribution < 1.29 is 19.0 Å². The number of methoxy groups -OCH3 is 3. The second-order valence-corrected chi connectivity index (χ2v) is 2.74. The van der Waals surface area contributed by atoms with Crippen LogP contribution in [0.1, 0.15) is 22.3 Å². The SMILES string of the molecule is COC(=O)c1ncccc1C(OC)OC. The van der Waals surface area contributed by atoms with E-state index in [-0.39, 0.29) is 5.69 Å². The van der Waals surface area contributed by atoms with Crippen LogP contribution in [-0.4, -0.2) is 32.3 Å². The third-order valence-corrected chi connectivity index (χ3v) is 1.90. The Hall–Kier alpha value is -1.46. The van der Waals surface area contributed by atoms with Crippen molar-refractivity contribution >= 4 is 5.97 Å². The topological polar surface area (TPSA) is 57.7 Å². The molecule has 0 aliphatic carbocycles. The number of hydrogen-bond acceptors (Lipinski definition) is 5. The minimum absolute atomic E-state index is 0.203. The summed E-state index contributed by atoms with van der Waals surface area (Å²) < 4.78 is 14.7. The van der Waals surface area contributed by atoms with Crippen molar-refractivity contribution in [1.82, 2.24) is 4.98 Å². The van der Waals surface area contributed by atoms with E-state index >= 15 is 0 Å². The molecule has 5 heteroatoms. The first-order valence-corrected chi connectivity index (χ1v) is 4.33. The van der Waals surface area contributed by atoms with Crippen molar-refractivity contribution in [1.29, 1.82) is 0 Å². The highest BCUT2D eigenvalue weighted by Gasteiger charge is 2.19. The monoisotopic (exact) mass is 211 g/mol. The molecule has 0 aromatic carbocycles. The Morgan fingerprint density at radius 1 is 1.33 bits per heavy atom. The highest BCUT2D eigenvalue weighted by molar-refractivity contribution is 5.88. The molecule has 1 heterocycles. The van der Waals surface area contributed by atoms with E-state index in [0.29, 0.717) is 5.56 Å². The number of rotatable bonds is 4. The predicted molar refractivity (Wildman–Crippen MR) is 52.3 cm³/mol. The number of carbonyl (C=O) groups is 1. The fraction of sp³-hybridized carbons (Fsp3) is 0.400. The van der Waals surface area contributed by atoms with Crippen LogP contribution in [0.3, 0.4) is 0 Å². The molecule has 0 atom stereocenters. The lowest BCUT2D eigenvalue weighted by atomic mass is 10.2. The first-order valence-electron chi connectivity index (χ1n) is 4.33. The third kappa shape index (κ3) is 2.51. The average molecular weight is 211 g/mol. The van der Waals surface area contributed by atoms with Crippen LogP contribution in [0.4, 0.5) is 0 Å². The second-order valence-electron chi connectivity index (χ2n) is 2.74. The van der Waals surface area contributed by atoms with Crippen LogP contribution in [0, 0.1) is 0 Å². The van der Waals surface area contributed by atoms with E-state index in [9.17, 15) is 4.79 Å². The Labute approximate surface area is 88.0 Å². The zero-order valence-corrected chi connectivity index (χ0v) is 8.89. The Bertz CT molecular complexity index is 336. The molecule has 1 rings (SSSR count). The fourth-order valence-corrected chi connectivity index (χ4v) is 1.23. The normalized spacial score (nSPS) is 10.4. The predicted octanol–water partition coefficient (Wildman–Crippen LogP) is 1.16. The van der Waals surface area contributed by atoms with Gasteiger partial charge in [0.15, 0.2) is 12.0 Å². The molecular formula is C10H13NO4. The van der Waals surface area contributed by atoms with Crippen LogP contribution < -0.4 is 0 Å². The molecule has 0 saturated heterocycles. The quantitative estimate of drug-likeness (QED) is 0.552. The van der Waals surface area contributed by atoms with E-state index < -0.39 is 12.3 Å². The fourth-order valence-electron chi connectivity index (χ4n) is 1.23. The zero-order valence-electron chi connectivity index (χ0n) is 8.89. The molecule has 1 aromatic rings. The summed E-state index contributed by atoms with van der Waals surface area (Å²) in [6.07, 6.45) is 0.894. The minimum atomic E-state index is -0.618. The third-order valence-electron chi connectivity index (χ3n) is 1.90. The van der Waals surface area contributed by atoms with Gasteiger partial charge < -0.3 is 14.2 Å². The lowest BCUT2D eigenvalue weighted by Gasteiger charge is -2.15. The summed E-state index contributed by atoms with van der Waals surface area (Å²) in [6, 6.07) is 3.41. The van der Waals surface area contributed by atoms with Crippen LogP contribution in [-0.2, 0) is 14.2 Å². The van der Waals surface area contributed by atoms with E-state index in [1.807, 2.05) is 0 Å². The van der Waals surface area contributed by atoms with Crippen molar-refractivity contribution in [3.05, 3.63) is 29.6 Å². The summed E-state index contributed by atoms with van der Waals surface area (Å²) in [5, 5.41) is 0. The van der Waals surface area contributed by atoms with Gasteiger partial charge in [-0.2, -0.15) is 0 Å². The van der Waals surface area contributed by atoms with Gasteiger partial charge in [0, 0.05) is 26.0 Å². The molecule has 0 radical (unpaired) electrons. The first kappa shape index (κ1) is 11.6. The summed E-state index contributed by atoms with van der Waals surface area (Å²) in [4.78, 5) is 15.3. The van der Waals surface area contributed by atoms with Crippen molar-refractivity contribution in [3.8, 4) is 0 Å². The van der Waals surface area contributed by atoms with Crippen molar-refractivity contribution in [2.45, 2.75) is 6.29 Å². The van der Waals surface area contributed by atoms with Crippen molar-refractivity contribution in [3.63, 3.8) is 0 Å². The van der Waals surface area contributed by atoms with Crippen molar-refractivity contribution in [2.24, 2.45) is 0 Å². The number of ether oxygens (including phenoxy) is 3. The van der Waals surface area contributed by atoms with Crippen LogP contribution in [0.5, 0.6) is 0 Å². The first-order chi connectivity index (χ1) is 7.24. The number of aromatic nitrogens is 1. The van der Waals surface area contributed by atoms with Gasteiger partial charge in [-0.1, -0.05) is 0 Å². The largest absolute Gasteiger partial charge is 0.464 e. The number of pyridine rings is 1. The maximum atomic E-state index is 11.4. The minimum Gasteiger partial charge on any atom is -0.464 e. The van der Waals surface area contributed by atoms with E-state index in [0.717, 1.165) is 0 Å². The van der Waals surface area contributed by atoms with E-state index in [2.05, 4.69) is 9.72 Å². The van der Waals surface area contributed by atoms with E-state index in [1.165, 1.54) is 27.5 Å². The summed E-state index contributed by atoms with van der Waals surface area (Å²) in [5.41, 5.74) is 0.753. The van der Waals surface area contributed by atoms with Gasteiger partial charge in [-0.3, -0.25) is 0 Å². The summed E-state index contributed by atoms with van der Waals surface area (Å²) >= 11 is 0. The van der Waals surface area contributed by atoms with Gasteiger partial charge in [0.05, 0.1) is 7.11 Å². The Morgan fingerprint density at radius 3 is 2.53 bits per heavy atom. The van der Waals surface area contributed by atoms with Crippen LogP contribution in [0.15, 0.2) is 18.3 Å². The molecule has 0 fully saturated rings. The molecule has 0 unspecified atom stereocenters. The Balaban J connectivity index is 3.10. The number of nitrogens with zero attached hydrogens (tertiary/aromatic N) is 1. The molecule has 0 saturated carbocycles. The maximum absolute atomic E-state index is 11.4. The average Bonchev–Trinajstić information content (AvgIpc) is 2.30. The van der Waals surface area contributed by atoms with Gasteiger partial charge in [-0.15, -0.1) is 0 Å². The lowest BCUT2D eigenvalue weighted by molar-refractivity contribution is -0.106. The molecule has 0 aliphatic rings. The summed E-state index contributed by atoms with van der Waals surface area (Å²) in [7, 11) is 4.28. The van der Waals surface area contributed by atoms with Crippen LogP contribution in [0.2, 0.25) is 0 Å². The van der Waals surface area contributed by atoms with Gasteiger partial charge in [0.1, 0.15) is 0 Å². The van der Waals surface area contributed by atoms with Gasteiger partial charge in [-0.25, -0.2) is 9.78 Å². The Morgan fingerprint density at radius 2 is 2.00 bits per heavy atom. The van der Waals surface area contributed by atoms with Gasteiger partial charge in [0.2, 0.25) is 0 Å². The lowest BCUT2D eigenvalue weighted by Crippen LogP contribution is -2.13. The van der Waals surface area contributed by atoms with Gasteiger partial charge >= 0.3 is 5.97 Å². The summed E-state index contributed by atoms with van der Waals surface area (Å²) in [5.74, 6) is -0.510. The number of hydrogen-bond donors (Lipinski definition) is 0. The molecular weight excluding hydrogens is 198 g/mol.